The molecular weight excluding hydrogens is 242 g/mol. The predicted octanol–water partition coefficient (Wildman–Crippen LogP) is 2.69. The number of rotatable bonds is 3. The van der Waals surface area contributed by atoms with E-state index in [1.807, 2.05) is 12.1 Å². The van der Waals surface area contributed by atoms with Crippen LogP contribution in [0.2, 0.25) is 0 Å². The molecule has 0 amide bonds. The molecule has 4 nitrogen and oxygen atoms in total. The van der Waals surface area contributed by atoms with Crippen molar-refractivity contribution in [3.63, 3.8) is 0 Å². The second-order valence-corrected chi connectivity index (χ2v) is 5.18. The summed E-state index contributed by atoms with van der Waals surface area (Å²) in [6.07, 6.45) is 3.36. The van der Waals surface area contributed by atoms with Gasteiger partial charge in [-0.2, -0.15) is 0 Å². The zero-order valence-corrected chi connectivity index (χ0v) is 11.2. The highest BCUT2D eigenvalue weighted by Gasteiger charge is 2.14. The molecule has 0 saturated carbocycles. The summed E-state index contributed by atoms with van der Waals surface area (Å²) in [4.78, 5) is 0. The number of hydrogen-bond acceptors (Lipinski definition) is 4. The molecule has 0 spiro atoms. The number of hydrogen-bond donors (Lipinski definition) is 1. The van der Waals surface area contributed by atoms with E-state index in [9.17, 15) is 0 Å². The van der Waals surface area contributed by atoms with Gasteiger partial charge in [0.15, 0.2) is 11.5 Å². The fraction of sp³-hybridized carbons (Fsp3) is 0.600. The van der Waals surface area contributed by atoms with E-state index in [1.54, 1.807) is 0 Å². The van der Waals surface area contributed by atoms with Crippen LogP contribution in [0.3, 0.4) is 0 Å². The molecule has 0 aromatic heterocycles. The summed E-state index contributed by atoms with van der Waals surface area (Å²) in [6, 6.07) is 6.07. The standard InChI is InChI=1S/C15H21NO3/c1-3-12(11-17-6-1)10-16-13-4-5-14-15(9-13)19-8-2-7-18-14/h4-5,9,12,16H,1-3,6-8,10-11H2. The van der Waals surface area contributed by atoms with Crippen LogP contribution in [0.5, 0.6) is 11.5 Å². The Bertz CT molecular complexity index is 416. The van der Waals surface area contributed by atoms with Crippen molar-refractivity contribution >= 4 is 5.69 Å². The zero-order valence-electron chi connectivity index (χ0n) is 11.2. The van der Waals surface area contributed by atoms with Gasteiger partial charge in [-0.05, 0) is 30.9 Å². The monoisotopic (exact) mass is 263 g/mol. The first-order valence-electron chi connectivity index (χ1n) is 7.13. The van der Waals surface area contributed by atoms with Gasteiger partial charge in [0.05, 0.1) is 19.8 Å². The van der Waals surface area contributed by atoms with Crippen molar-refractivity contribution < 1.29 is 14.2 Å². The van der Waals surface area contributed by atoms with Crippen molar-refractivity contribution in [2.75, 3.05) is 38.3 Å². The Morgan fingerprint density at radius 1 is 1.05 bits per heavy atom. The summed E-state index contributed by atoms with van der Waals surface area (Å²) in [7, 11) is 0. The Hall–Kier alpha value is -1.42. The summed E-state index contributed by atoms with van der Waals surface area (Å²) in [5, 5.41) is 3.47. The third-order valence-electron chi connectivity index (χ3n) is 3.60. The van der Waals surface area contributed by atoms with Gasteiger partial charge in [-0.15, -0.1) is 0 Å². The molecule has 19 heavy (non-hydrogen) atoms. The maximum atomic E-state index is 5.69. The van der Waals surface area contributed by atoms with Crippen molar-refractivity contribution in [3.05, 3.63) is 18.2 Å². The van der Waals surface area contributed by atoms with E-state index in [4.69, 9.17) is 14.2 Å². The van der Waals surface area contributed by atoms with Gasteiger partial charge in [-0.1, -0.05) is 0 Å². The maximum Gasteiger partial charge on any atom is 0.163 e. The van der Waals surface area contributed by atoms with E-state index in [0.717, 1.165) is 56.6 Å². The normalized spacial score (nSPS) is 22.6. The molecule has 0 radical (unpaired) electrons. The van der Waals surface area contributed by atoms with E-state index in [2.05, 4.69) is 11.4 Å². The molecule has 2 heterocycles. The van der Waals surface area contributed by atoms with Crippen LogP contribution in [0.1, 0.15) is 19.3 Å². The molecule has 4 heteroatoms. The molecule has 104 valence electrons. The Morgan fingerprint density at radius 2 is 1.95 bits per heavy atom. The molecule has 1 atom stereocenters. The second kappa shape index (κ2) is 6.15. The molecule has 1 fully saturated rings. The molecule has 1 saturated heterocycles. The minimum Gasteiger partial charge on any atom is -0.490 e. The van der Waals surface area contributed by atoms with Crippen molar-refractivity contribution in [2.24, 2.45) is 5.92 Å². The maximum absolute atomic E-state index is 5.69. The molecule has 1 unspecified atom stereocenters. The SMILES string of the molecule is c1cc2c(cc1NCC1CCCOC1)OCCCO2. The molecule has 2 aliphatic rings. The predicted molar refractivity (Wildman–Crippen MR) is 74.1 cm³/mol. The van der Waals surface area contributed by atoms with E-state index >= 15 is 0 Å². The Kier molecular flexibility index (Phi) is 4.08. The lowest BCUT2D eigenvalue weighted by atomic mass is 10.0. The van der Waals surface area contributed by atoms with Crippen LogP contribution in [0.4, 0.5) is 5.69 Å². The molecule has 0 aliphatic carbocycles. The summed E-state index contributed by atoms with van der Waals surface area (Å²) in [5.74, 6) is 2.32. The molecular formula is C15H21NO3. The Labute approximate surface area is 114 Å². The van der Waals surface area contributed by atoms with Crippen LogP contribution in [0.25, 0.3) is 0 Å². The number of fused-ring (bicyclic) bond motifs is 1. The second-order valence-electron chi connectivity index (χ2n) is 5.18. The van der Waals surface area contributed by atoms with Gasteiger partial charge in [0.25, 0.3) is 0 Å². The highest BCUT2D eigenvalue weighted by molar-refractivity contribution is 5.55. The highest BCUT2D eigenvalue weighted by Crippen LogP contribution is 2.32. The lowest BCUT2D eigenvalue weighted by molar-refractivity contribution is 0.0595. The lowest BCUT2D eigenvalue weighted by Gasteiger charge is -2.22. The van der Waals surface area contributed by atoms with Crippen LogP contribution < -0.4 is 14.8 Å². The molecule has 3 rings (SSSR count). The van der Waals surface area contributed by atoms with Crippen LogP contribution in [0.15, 0.2) is 18.2 Å². The smallest absolute Gasteiger partial charge is 0.163 e. The molecule has 0 bridgehead atoms. The van der Waals surface area contributed by atoms with Gasteiger partial charge in [-0.25, -0.2) is 0 Å². The number of ether oxygens (including phenoxy) is 3. The van der Waals surface area contributed by atoms with E-state index in [1.165, 1.54) is 12.8 Å². The third-order valence-corrected chi connectivity index (χ3v) is 3.60. The number of benzene rings is 1. The van der Waals surface area contributed by atoms with Crippen LogP contribution in [-0.4, -0.2) is 33.0 Å². The summed E-state index contributed by atoms with van der Waals surface area (Å²) in [5.41, 5.74) is 1.09. The van der Waals surface area contributed by atoms with E-state index < -0.39 is 0 Å². The average molecular weight is 263 g/mol. The number of nitrogens with one attached hydrogen (secondary N) is 1. The van der Waals surface area contributed by atoms with Gasteiger partial charge in [0.1, 0.15) is 0 Å². The molecule has 1 aromatic carbocycles. The quantitative estimate of drug-likeness (QED) is 0.910. The van der Waals surface area contributed by atoms with Gasteiger partial charge in [-0.3, -0.25) is 0 Å². The molecule has 2 aliphatic heterocycles. The van der Waals surface area contributed by atoms with E-state index in [0.29, 0.717) is 5.92 Å². The minimum atomic E-state index is 0.615. The fourth-order valence-corrected chi connectivity index (χ4v) is 2.50. The summed E-state index contributed by atoms with van der Waals surface area (Å²) in [6.45, 7) is 4.21. The van der Waals surface area contributed by atoms with Crippen molar-refractivity contribution in [1.82, 2.24) is 0 Å². The fourth-order valence-electron chi connectivity index (χ4n) is 2.50. The van der Waals surface area contributed by atoms with Crippen molar-refractivity contribution in [3.8, 4) is 11.5 Å². The first kappa shape index (κ1) is 12.6. The average Bonchev–Trinajstić information content (AvgIpc) is 2.71. The first-order chi connectivity index (χ1) is 9.42. The van der Waals surface area contributed by atoms with Crippen LogP contribution in [0, 0.1) is 5.92 Å². The Balaban J connectivity index is 1.60. The topological polar surface area (TPSA) is 39.7 Å². The van der Waals surface area contributed by atoms with E-state index in [-0.39, 0.29) is 0 Å². The third kappa shape index (κ3) is 3.32. The largest absolute Gasteiger partial charge is 0.490 e. The summed E-state index contributed by atoms with van der Waals surface area (Å²) >= 11 is 0. The van der Waals surface area contributed by atoms with Gasteiger partial charge in [0.2, 0.25) is 0 Å². The number of anilines is 1. The van der Waals surface area contributed by atoms with Crippen molar-refractivity contribution in [1.29, 1.82) is 0 Å². The van der Waals surface area contributed by atoms with Gasteiger partial charge < -0.3 is 19.5 Å². The van der Waals surface area contributed by atoms with Crippen LogP contribution >= 0.6 is 0 Å². The summed E-state index contributed by atoms with van der Waals surface area (Å²) < 4.78 is 16.8. The Morgan fingerprint density at radius 3 is 2.79 bits per heavy atom. The highest BCUT2D eigenvalue weighted by atomic mass is 16.5. The minimum absolute atomic E-state index is 0.615. The first-order valence-corrected chi connectivity index (χ1v) is 7.13. The zero-order chi connectivity index (χ0) is 12.9. The van der Waals surface area contributed by atoms with Gasteiger partial charge >= 0.3 is 0 Å². The van der Waals surface area contributed by atoms with Gasteiger partial charge in [0, 0.05) is 31.3 Å². The lowest BCUT2D eigenvalue weighted by Crippen LogP contribution is -2.24. The van der Waals surface area contributed by atoms with Crippen molar-refractivity contribution in [2.45, 2.75) is 19.3 Å². The molecule has 1 aromatic rings. The van der Waals surface area contributed by atoms with Crippen LogP contribution in [-0.2, 0) is 4.74 Å². The molecule has 1 N–H and O–H groups in total.